The molecule has 2 aromatic carbocycles. The highest BCUT2D eigenvalue weighted by Crippen LogP contribution is 2.24. The van der Waals surface area contributed by atoms with Crippen molar-refractivity contribution in [2.24, 2.45) is 0 Å². The number of benzene rings is 2. The van der Waals surface area contributed by atoms with Crippen LogP contribution in [0.2, 0.25) is 0 Å². The van der Waals surface area contributed by atoms with E-state index in [1.807, 2.05) is 55.5 Å². The molecule has 0 aromatic heterocycles. The Morgan fingerprint density at radius 3 is 2.35 bits per heavy atom. The Morgan fingerprint density at radius 2 is 1.71 bits per heavy atom. The molecule has 0 fully saturated rings. The summed E-state index contributed by atoms with van der Waals surface area (Å²) >= 11 is 0. The van der Waals surface area contributed by atoms with E-state index in [4.69, 9.17) is 5.11 Å². The van der Waals surface area contributed by atoms with Crippen LogP contribution in [0.15, 0.2) is 48.5 Å². The van der Waals surface area contributed by atoms with Crippen molar-refractivity contribution in [2.75, 3.05) is 0 Å². The Hall–Kier alpha value is -2.09. The summed E-state index contributed by atoms with van der Waals surface area (Å²) in [5.74, 6) is -0.801. The van der Waals surface area contributed by atoms with E-state index in [0.29, 0.717) is 0 Å². The van der Waals surface area contributed by atoms with E-state index in [9.17, 15) is 4.79 Å². The van der Waals surface area contributed by atoms with Gasteiger partial charge in [-0.25, -0.2) is 0 Å². The van der Waals surface area contributed by atoms with Crippen LogP contribution in [0.4, 0.5) is 0 Å². The van der Waals surface area contributed by atoms with Crippen LogP contribution in [-0.2, 0) is 11.2 Å². The molecule has 0 heterocycles. The minimum absolute atomic E-state index is 0.0596. The molecule has 0 amide bonds. The highest BCUT2D eigenvalue weighted by Gasteiger charge is 2.07. The fourth-order valence-electron chi connectivity index (χ4n) is 1.85. The summed E-state index contributed by atoms with van der Waals surface area (Å²) in [5.41, 5.74) is 4.11. The molecule has 2 nitrogen and oxygen atoms in total. The van der Waals surface area contributed by atoms with Gasteiger partial charge in [0.25, 0.3) is 0 Å². The summed E-state index contributed by atoms with van der Waals surface area (Å²) in [5, 5.41) is 8.88. The van der Waals surface area contributed by atoms with Crippen LogP contribution in [-0.4, -0.2) is 11.1 Å². The molecule has 0 bridgehead atoms. The molecule has 0 aliphatic rings. The van der Waals surface area contributed by atoms with E-state index in [1.165, 1.54) is 5.56 Å². The lowest BCUT2D eigenvalue weighted by Crippen LogP contribution is -2.01. The zero-order valence-corrected chi connectivity index (χ0v) is 9.68. The van der Waals surface area contributed by atoms with Crippen molar-refractivity contribution in [1.29, 1.82) is 0 Å². The molecule has 2 rings (SSSR count). The maximum atomic E-state index is 10.8. The summed E-state index contributed by atoms with van der Waals surface area (Å²) in [7, 11) is 0. The minimum Gasteiger partial charge on any atom is -0.481 e. The second-order valence-corrected chi connectivity index (χ2v) is 4.09. The van der Waals surface area contributed by atoms with Crippen LogP contribution in [0.1, 0.15) is 11.1 Å². The molecule has 1 N–H and O–H groups in total. The van der Waals surface area contributed by atoms with Crippen molar-refractivity contribution in [3.05, 3.63) is 59.7 Å². The third kappa shape index (κ3) is 2.72. The first-order valence-corrected chi connectivity index (χ1v) is 5.53. The van der Waals surface area contributed by atoms with E-state index in [-0.39, 0.29) is 6.42 Å². The third-order valence-electron chi connectivity index (χ3n) is 2.72. The molecule has 0 saturated carbocycles. The second kappa shape index (κ2) is 4.83. The molecule has 0 spiro atoms. The Labute approximate surface area is 101 Å². The van der Waals surface area contributed by atoms with Gasteiger partial charge in [0.05, 0.1) is 6.42 Å². The quantitative estimate of drug-likeness (QED) is 0.872. The van der Waals surface area contributed by atoms with Crippen molar-refractivity contribution in [3.8, 4) is 11.1 Å². The first kappa shape index (κ1) is 11.4. The standard InChI is InChI=1S/C15H14O2/c1-11-6-8-12(9-7-11)14-5-3-2-4-13(14)10-15(16)17/h2-9H,10H2,1H3,(H,16,17). The van der Waals surface area contributed by atoms with Gasteiger partial charge in [0.1, 0.15) is 0 Å². The van der Waals surface area contributed by atoms with E-state index in [2.05, 4.69) is 0 Å². The van der Waals surface area contributed by atoms with Crippen LogP contribution in [0.25, 0.3) is 11.1 Å². The highest BCUT2D eigenvalue weighted by atomic mass is 16.4. The fourth-order valence-corrected chi connectivity index (χ4v) is 1.85. The molecule has 2 aromatic rings. The number of hydrogen-bond donors (Lipinski definition) is 1. The minimum atomic E-state index is -0.801. The third-order valence-corrected chi connectivity index (χ3v) is 2.72. The summed E-state index contributed by atoms with van der Waals surface area (Å²) in [6.07, 6.45) is 0.0596. The predicted octanol–water partition coefficient (Wildman–Crippen LogP) is 3.29. The first-order chi connectivity index (χ1) is 8.16. The largest absolute Gasteiger partial charge is 0.481 e. The first-order valence-electron chi connectivity index (χ1n) is 5.53. The van der Waals surface area contributed by atoms with Gasteiger partial charge in [-0.1, -0.05) is 54.1 Å². The van der Waals surface area contributed by atoms with Crippen molar-refractivity contribution < 1.29 is 9.90 Å². The molecule has 2 heteroatoms. The normalized spacial score (nSPS) is 10.2. The lowest BCUT2D eigenvalue weighted by atomic mass is 9.97. The van der Waals surface area contributed by atoms with Crippen LogP contribution < -0.4 is 0 Å². The Kier molecular flexibility index (Phi) is 3.24. The van der Waals surface area contributed by atoms with Gasteiger partial charge in [-0.3, -0.25) is 4.79 Å². The monoisotopic (exact) mass is 226 g/mol. The number of carboxylic acid groups (broad SMARTS) is 1. The Balaban J connectivity index is 2.44. The van der Waals surface area contributed by atoms with Gasteiger partial charge in [-0.15, -0.1) is 0 Å². The topological polar surface area (TPSA) is 37.3 Å². The van der Waals surface area contributed by atoms with Crippen LogP contribution in [0.3, 0.4) is 0 Å². The molecule has 86 valence electrons. The van der Waals surface area contributed by atoms with Crippen LogP contribution in [0.5, 0.6) is 0 Å². The van der Waals surface area contributed by atoms with Gasteiger partial charge >= 0.3 is 5.97 Å². The number of rotatable bonds is 3. The van der Waals surface area contributed by atoms with Gasteiger partial charge in [-0.05, 0) is 23.6 Å². The van der Waals surface area contributed by atoms with Gasteiger partial charge < -0.3 is 5.11 Å². The summed E-state index contributed by atoms with van der Waals surface area (Å²) in [6, 6.07) is 15.7. The average molecular weight is 226 g/mol. The van der Waals surface area contributed by atoms with E-state index >= 15 is 0 Å². The van der Waals surface area contributed by atoms with Crippen molar-refractivity contribution >= 4 is 5.97 Å². The number of aryl methyl sites for hydroxylation is 1. The molecule has 0 unspecified atom stereocenters. The van der Waals surface area contributed by atoms with Crippen molar-refractivity contribution in [1.82, 2.24) is 0 Å². The molecule has 17 heavy (non-hydrogen) atoms. The van der Waals surface area contributed by atoms with E-state index in [1.54, 1.807) is 0 Å². The number of aliphatic carboxylic acids is 1. The Bertz CT molecular complexity index is 527. The lowest BCUT2D eigenvalue weighted by molar-refractivity contribution is -0.136. The molecule has 0 saturated heterocycles. The number of hydrogen-bond acceptors (Lipinski definition) is 1. The van der Waals surface area contributed by atoms with Gasteiger partial charge in [-0.2, -0.15) is 0 Å². The van der Waals surface area contributed by atoms with Crippen LogP contribution >= 0.6 is 0 Å². The summed E-state index contributed by atoms with van der Waals surface area (Å²) < 4.78 is 0. The molecule has 0 atom stereocenters. The van der Waals surface area contributed by atoms with Gasteiger partial charge in [0, 0.05) is 0 Å². The van der Waals surface area contributed by atoms with E-state index < -0.39 is 5.97 Å². The SMILES string of the molecule is Cc1ccc(-c2ccccc2CC(=O)O)cc1. The number of carbonyl (C=O) groups is 1. The lowest BCUT2D eigenvalue weighted by Gasteiger charge is -2.08. The van der Waals surface area contributed by atoms with Gasteiger partial charge in [0.15, 0.2) is 0 Å². The smallest absolute Gasteiger partial charge is 0.307 e. The summed E-state index contributed by atoms with van der Waals surface area (Å²) in [4.78, 5) is 10.8. The fraction of sp³-hybridized carbons (Fsp3) is 0.133. The highest BCUT2D eigenvalue weighted by molar-refractivity contribution is 5.76. The maximum absolute atomic E-state index is 10.8. The molecular formula is C15H14O2. The second-order valence-electron chi connectivity index (χ2n) is 4.09. The predicted molar refractivity (Wildman–Crippen MR) is 68.0 cm³/mol. The van der Waals surface area contributed by atoms with Gasteiger partial charge in [0.2, 0.25) is 0 Å². The number of carboxylic acids is 1. The Morgan fingerprint density at radius 1 is 1.06 bits per heavy atom. The van der Waals surface area contributed by atoms with Crippen molar-refractivity contribution in [3.63, 3.8) is 0 Å². The van der Waals surface area contributed by atoms with Crippen molar-refractivity contribution in [2.45, 2.75) is 13.3 Å². The molecule has 0 aliphatic heterocycles. The zero-order chi connectivity index (χ0) is 12.3. The zero-order valence-electron chi connectivity index (χ0n) is 9.68. The average Bonchev–Trinajstić information content (AvgIpc) is 2.30. The summed E-state index contributed by atoms with van der Waals surface area (Å²) in [6.45, 7) is 2.03. The van der Waals surface area contributed by atoms with Crippen LogP contribution in [0, 0.1) is 6.92 Å². The van der Waals surface area contributed by atoms with E-state index in [0.717, 1.165) is 16.7 Å². The molecule has 0 aliphatic carbocycles. The molecule has 0 radical (unpaired) electrons. The molecular weight excluding hydrogens is 212 g/mol. The maximum Gasteiger partial charge on any atom is 0.307 e.